The van der Waals surface area contributed by atoms with Crippen molar-refractivity contribution in [1.82, 2.24) is 5.32 Å². The zero-order chi connectivity index (χ0) is 17.2. The number of ether oxygens (including phenoxy) is 1. The minimum absolute atomic E-state index is 0.167. The molecule has 0 fully saturated rings. The fraction of sp³-hybridized carbons (Fsp3) is 0.500. The smallest absolute Gasteiger partial charge is 0.407 e. The van der Waals surface area contributed by atoms with Crippen LogP contribution >= 0.6 is 14.3 Å². The Kier molecular flexibility index (Phi) is 9.34. The summed E-state index contributed by atoms with van der Waals surface area (Å²) in [5, 5.41) is 2.47. The van der Waals surface area contributed by atoms with Crippen LogP contribution in [0.25, 0.3) is 0 Å². The van der Waals surface area contributed by atoms with Gasteiger partial charge < -0.3 is 24.9 Å². The number of carbonyl (C=O) groups excluding carboxylic acids is 1. The lowest BCUT2D eigenvalue weighted by atomic mass is 10.2. The van der Waals surface area contributed by atoms with E-state index in [4.69, 9.17) is 10.5 Å². The van der Waals surface area contributed by atoms with E-state index in [2.05, 4.69) is 5.32 Å². The summed E-state index contributed by atoms with van der Waals surface area (Å²) in [6.45, 7) is 6.80. The second-order valence-electron chi connectivity index (χ2n) is 5.73. The molecule has 0 bridgehead atoms. The van der Waals surface area contributed by atoms with Gasteiger partial charge in [-0.2, -0.15) is 0 Å². The van der Waals surface area contributed by atoms with Crippen molar-refractivity contribution in [1.29, 1.82) is 0 Å². The number of nitrogens with one attached hydrogen (secondary N) is 1. The molecule has 0 radical (unpaired) electrons. The maximum Gasteiger partial charge on any atom is 0.407 e. The Morgan fingerprint density at radius 1 is 1.09 bits per heavy atom. The molecule has 1 rings (SSSR count). The number of alkyl carbamates (subject to hydrolysis) is 1. The van der Waals surface area contributed by atoms with E-state index in [0.29, 0.717) is 6.29 Å². The fourth-order valence-corrected chi connectivity index (χ4v) is 1.54. The van der Waals surface area contributed by atoms with Gasteiger partial charge in [-0.25, -0.2) is 4.79 Å². The number of hydrogen-bond acceptors (Lipinski definition) is 5. The maximum absolute atomic E-state index is 11.3. The molecule has 126 valence electrons. The van der Waals surface area contributed by atoms with Crippen molar-refractivity contribution in [2.75, 3.05) is 39.2 Å². The number of rotatable bonds is 5. The first-order chi connectivity index (χ1) is 10.0. The third-order valence-corrected chi connectivity index (χ3v) is 4.06. The molecule has 0 saturated heterocycles. The summed E-state index contributed by atoms with van der Waals surface area (Å²) >= 11 is 0. The summed E-state index contributed by atoms with van der Waals surface area (Å²) in [6.07, 6.45) is -0.0408. The van der Waals surface area contributed by atoms with Crippen LogP contribution in [-0.2, 0) is 20.5 Å². The molecule has 0 aliphatic carbocycles. The highest BCUT2D eigenvalue weighted by molar-refractivity contribution is 7.62. The molecule has 0 unspecified atom stereocenters. The van der Waals surface area contributed by atoms with Gasteiger partial charge in [-0.15, -0.1) is 0 Å². The molecule has 0 aliphatic rings. The van der Waals surface area contributed by atoms with E-state index in [9.17, 15) is 13.9 Å². The van der Waals surface area contributed by atoms with Gasteiger partial charge in [-0.3, -0.25) is 0 Å². The first-order valence-corrected chi connectivity index (χ1v) is 12.3. The van der Waals surface area contributed by atoms with E-state index >= 15 is 0 Å². The second kappa shape index (κ2) is 9.83. The van der Waals surface area contributed by atoms with Crippen molar-refractivity contribution in [2.24, 2.45) is 5.73 Å². The van der Waals surface area contributed by atoms with Gasteiger partial charge in [0, 0.05) is 6.29 Å². The molecule has 0 aromatic heterocycles. The lowest BCUT2D eigenvalue weighted by Crippen LogP contribution is -2.24. The van der Waals surface area contributed by atoms with Crippen molar-refractivity contribution in [3.8, 4) is 0 Å². The Hall–Kier alpha value is -1.09. The van der Waals surface area contributed by atoms with Gasteiger partial charge in [0.25, 0.3) is 0 Å². The van der Waals surface area contributed by atoms with Crippen LogP contribution in [0.3, 0.4) is 0 Å². The quantitative estimate of drug-likeness (QED) is 0.797. The van der Waals surface area contributed by atoms with Crippen LogP contribution in [0.1, 0.15) is 5.56 Å². The predicted molar refractivity (Wildman–Crippen MR) is 92.6 cm³/mol. The topological polar surface area (TPSA) is 98.5 Å². The normalized spacial score (nSPS) is 11.1. The molecule has 3 N–H and O–H groups in total. The lowest BCUT2D eigenvalue weighted by molar-refractivity contribution is 0.141. The average molecular weight is 348 g/mol. The van der Waals surface area contributed by atoms with Crippen molar-refractivity contribution in [2.45, 2.75) is 6.61 Å². The van der Waals surface area contributed by atoms with Crippen LogP contribution < -0.4 is 11.1 Å². The van der Waals surface area contributed by atoms with Crippen LogP contribution in [0.15, 0.2) is 30.3 Å². The van der Waals surface area contributed by atoms with Crippen molar-refractivity contribution in [3.63, 3.8) is 0 Å². The number of amides is 1. The fourth-order valence-electron chi connectivity index (χ4n) is 1.03. The van der Waals surface area contributed by atoms with E-state index in [-0.39, 0.29) is 12.9 Å². The SMILES string of the molecule is CP(C)(=O)CN.CP(C)(=O)CNC(=O)OCc1ccccc1. The number of nitrogens with two attached hydrogens (primary N) is 1. The molecule has 1 amide bonds. The van der Waals surface area contributed by atoms with Gasteiger partial charge in [0.1, 0.15) is 13.7 Å². The van der Waals surface area contributed by atoms with Crippen LogP contribution in [-0.4, -0.2) is 45.3 Å². The molecule has 1 aromatic carbocycles. The Morgan fingerprint density at radius 3 is 2.00 bits per heavy atom. The Bertz CT molecular complexity index is 537. The number of benzene rings is 1. The molecule has 22 heavy (non-hydrogen) atoms. The summed E-state index contributed by atoms with van der Waals surface area (Å²) in [7, 11) is -4.10. The van der Waals surface area contributed by atoms with Gasteiger partial charge >= 0.3 is 6.09 Å². The molecule has 0 atom stereocenters. The average Bonchev–Trinajstić information content (AvgIpc) is 2.43. The highest BCUT2D eigenvalue weighted by Crippen LogP contribution is 2.33. The highest BCUT2D eigenvalue weighted by atomic mass is 31.2. The summed E-state index contributed by atoms with van der Waals surface area (Å²) in [5.41, 5.74) is 5.97. The molecule has 0 aliphatic heterocycles. The van der Waals surface area contributed by atoms with Crippen LogP contribution in [0.5, 0.6) is 0 Å². The molecule has 0 saturated carbocycles. The molecule has 0 spiro atoms. The van der Waals surface area contributed by atoms with E-state index in [0.717, 1.165) is 5.56 Å². The summed E-state index contributed by atoms with van der Waals surface area (Å²) in [5.74, 6) is 0. The maximum atomic E-state index is 11.3. The molecule has 6 nitrogen and oxygen atoms in total. The number of hydrogen-bond donors (Lipinski definition) is 2. The summed E-state index contributed by atoms with van der Waals surface area (Å²) in [4.78, 5) is 11.2. The predicted octanol–water partition coefficient (Wildman–Crippen LogP) is 3.02. The third kappa shape index (κ3) is 13.9. The van der Waals surface area contributed by atoms with Crippen LogP contribution in [0.2, 0.25) is 0 Å². The minimum Gasteiger partial charge on any atom is -0.445 e. The van der Waals surface area contributed by atoms with Crippen LogP contribution in [0, 0.1) is 0 Å². The Morgan fingerprint density at radius 2 is 1.59 bits per heavy atom. The zero-order valence-electron chi connectivity index (χ0n) is 13.6. The van der Waals surface area contributed by atoms with Crippen molar-refractivity contribution in [3.05, 3.63) is 35.9 Å². The van der Waals surface area contributed by atoms with Crippen molar-refractivity contribution >= 4 is 20.4 Å². The zero-order valence-corrected chi connectivity index (χ0v) is 15.4. The lowest BCUT2D eigenvalue weighted by Gasteiger charge is -2.09. The molecule has 0 heterocycles. The van der Waals surface area contributed by atoms with E-state index in [1.165, 1.54) is 0 Å². The monoisotopic (exact) mass is 348 g/mol. The van der Waals surface area contributed by atoms with Crippen molar-refractivity contribution < 1.29 is 18.7 Å². The highest BCUT2D eigenvalue weighted by Gasteiger charge is 2.09. The van der Waals surface area contributed by atoms with Gasteiger partial charge in [-0.1, -0.05) is 30.3 Å². The van der Waals surface area contributed by atoms with E-state index < -0.39 is 20.4 Å². The van der Waals surface area contributed by atoms with Gasteiger partial charge in [0.15, 0.2) is 0 Å². The largest absolute Gasteiger partial charge is 0.445 e. The summed E-state index contributed by atoms with van der Waals surface area (Å²) in [6, 6.07) is 9.40. The van der Waals surface area contributed by atoms with E-state index in [1.807, 2.05) is 30.3 Å². The molecular weight excluding hydrogens is 322 g/mol. The minimum atomic E-state index is -2.23. The van der Waals surface area contributed by atoms with E-state index in [1.54, 1.807) is 26.7 Å². The van der Waals surface area contributed by atoms with Crippen LogP contribution in [0.4, 0.5) is 4.79 Å². The van der Waals surface area contributed by atoms with Gasteiger partial charge in [0.2, 0.25) is 0 Å². The Balaban J connectivity index is 0.000000626. The molecule has 1 aromatic rings. The third-order valence-electron chi connectivity index (χ3n) is 2.26. The Labute approximate surface area is 132 Å². The molecule has 8 heteroatoms. The molecular formula is C14H26N2O4P2. The first kappa shape index (κ1) is 20.9. The standard InChI is InChI=1S/C11H16NO3P.C3H10NOP/c1-16(2,14)9-12-11(13)15-8-10-6-4-3-5-7-10;1-6(2,5)3-4/h3-7H,8-9H2,1-2H3,(H,12,13);3-4H2,1-2H3. The number of carbonyl (C=O) groups is 1. The van der Waals surface area contributed by atoms with Gasteiger partial charge in [-0.05, 0) is 32.2 Å². The first-order valence-electron chi connectivity index (χ1n) is 6.76. The van der Waals surface area contributed by atoms with Gasteiger partial charge in [0.05, 0.1) is 13.4 Å². The second-order valence-corrected chi connectivity index (χ2v) is 12.7. The summed E-state index contributed by atoms with van der Waals surface area (Å²) < 4.78 is 26.7.